The number of β-amino-alcohol motifs (C(OH)–C–C–N with tert-alkyl or cyclic N) is 1. The van der Waals surface area contributed by atoms with Crippen molar-refractivity contribution in [2.24, 2.45) is 0 Å². The van der Waals surface area contributed by atoms with E-state index in [1.807, 2.05) is 6.92 Å². The first kappa shape index (κ1) is 16.1. The van der Waals surface area contributed by atoms with E-state index in [0.717, 1.165) is 12.5 Å². The molecule has 0 radical (unpaired) electrons. The minimum absolute atomic E-state index is 0.0180. The first-order valence-electron chi connectivity index (χ1n) is 6.48. The van der Waals surface area contributed by atoms with Gasteiger partial charge in [-0.3, -0.25) is 0 Å². The zero-order valence-corrected chi connectivity index (χ0v) is 12.2. The van der Waals surface area contributed by atoms with Gasteiger partial charge in [-0.25, -0.2) is 8.42 Å². The number of anilines is 1. The Morgan fingerprint density at radius 1 is 1.29 bits per heavy atom. The third-order valence-corrected chi connectivity index (χ3v) is 5.02. The molecule has 1 saturated heterocycles. The molecule has 2 rings (SSSR count). The SMILES string of the molecule is CCCC1(O)CN(c2ccccc2S(=O)(=O)C(F)(F)F)C1. The maximum absolute atomic E-state index is 12.7. The van der Waals surface area contributed by atoms with E-state index in [1.165, 1.54) is 23.1 Å². The summed E-state index contributed by atoms with van der Waals surface area (Å²) in [5.41, 5.74) is -6.31. The molecule has 0 aliphatic carbocycles. The summed E-state index contributed by atoms with van der Waals surface area (Å²) < 4.78 is 61.3. The second-order valence-corrected chi connectivity index (χ2v) is 7.16. The van der Waals surface area contributed by atoms with E-state index in [1.54, 1.807) is 0 Å². The van der Waals surface area contributed by atoms with Gasteiger partial charge in [0, 0.05) is 13.1 Å². The lowest BCUT2D eigenvalue weighted by atomic mass is 9.89. The molecule has 1 aliphatic heterocycles. The first-order valence-corrected chi connectivity index (χ1v) is 7.97. The Labute approximate surface area is 121 Å². The Hall–Kier alpha value is -1.28. The molecule has 0 aromatic heterocycles. The molecule has 1 N–H and O–H groups in total. The summed E-state index contributed by atoms with van der Waals surface area (Å²) in [6.45, 7) is 2.15. The maximum atomic E-state index is 12.7. The van der Waals surface area contributed by atoms with Gasteiger partial charge in [-0.05, 0) is 18.6 Å². The quantitative estimate of drug-likeness (QED) is 0.924. The Morgan fingerprint density at radius 3 is 2.38 bits per heavy atom. The monoisotopic (exact) mass is 323 g/mol. The summed E-state index contributed by atoms with van der Waals surface area (Å²) in [5, 5.41) is 10.1. The van der Waals surface area contributed by atoms with Crippen LogP contribution in [0, 0.1) is 0 Å². The van der Waals surface area contributed by atoms with Crippen molar-refractivity contribution in [3.05, 3.63) is 24.3 Å². The van der Waals surface area contributed by atoms with E-state index < -0.39 is 25.8 Å². The smallest absolute Gasteiger partial charge is 0.386 e. The van der Waals surface area contributed by atoms with Crippen LogP contribution in [0.25, 0.3) is 0 Å². The highest BCUT2D eigenvalue weighted by molar-refractivity contribution is 7.92. The Bertz CT molecular complexity index is 622. The molecule has 0 atom stereocenters. The summed E-state index contributed by atoms with van der Waals surface area (Å²) in [6, 6.07) is 4.99. The molecule has 1 aliphatic rings. The molecule has 0 saturated carbocycles. The predicted molar refractivity (Wildman–Crippen MR) is 71.8 cm³/mol. The van der Waals surface area contributed by atoms with Crippen LogP contribution in [-0.2, 0) is 9.84 Å². The molecule has 4 nitrogen and oxygen atoms in total. The van der Waals surface area contributed by atoms with E-state index >= 15 is 0 Å². The molecule has 0 bridgehead atoms. The van der Waals surface area contributed by atoms with Crippen molar-refractivity contribution in [2.75, 3.05) is 18.0 Å². The third-order valence-electron chi connectivity index (χ3n) is 3.49. The fraction of sp³-hybridized carbons (Fsp3) is 0.538. The van der Waals surface area contributed by atoms with Gasteiger partial charge in [0.2, 0.25) is 0 Å². The fourth-order valence-corrected chi connectivity index (χ4v) is 3.51. The number of rotatable bonds is 4. The lowest BCUT2D eigenvalue weighted by Crippen LogP contribution is -2.62. The number of hydrogen-bond donors (Lipinski definition) is 1. The lowest BCUT2D eigenvalue weighted by molar-refractivity contribution is -0.0436. The molecule has 0 amide bonds. The third kappa shape index (κ3) is 2.87. The van der Waals surface area contributed by atoms with Gasteiger partial charge >= 0.3 is 5.51 Å². The van der Waals surface area contributed by atoms with Crippen molar-refractivity contribution in [1.82, 2.24) is 0 Å². The van der Waals surface area contributed by atoms with Crippen LogP contribution in [0.3, 0.4) is 0 Å². The number of sulfone groups is 1. The fourth-order valence-electron chi connectivity index (χ4n) is 2.53. The number of alkyl halides is 3. The van der Waals surface area contributed by atoms with Gasteiger partial charge in [0.05, 0.1) is 16.2 Å². The van der Waals surface area contributed by atoms with Gasteiger partial charge in [-0.1, -0.05) is 25.5 Å². The molecule has 1 aromatic rings. The summed E-state index contributed by atoms with van der Waals surface area (Å²) in [5.74, 6) is 0. The predicted octanol–water partition coefficient (Wildman–Crippen LogP) is 2.33. The van der Waals surface area contributed by atoms with Crippen LogP contribution in [0.2, 0.25) is 0 Å². The molecule has 1 aromatic carbocycles. The van der Waals surface area contributed by atoms with Crippen LogP contribution in [0.15, 0.2) is 29.2 Å². The molecule has 1 fully saturated rings. The Balaban J connectivity index is 2.33. The highest BCUT2D eigenvalue weighted by atomic mass is 32.2. The molecular formula is C13H16F3NO3S. The lowest BCUT2D eigenvalue weighted by Gasteiger charge is -2.48. The number of aliphatic hydroxyl groups is 1. The molecule has 1 heterocycles. The first-order chi connectivity index (χ1) is 9.61. The van der Waals surface area contributed by atoms with Crippen LogP contribution in [-0.4, -0.2) is 37.7 Å². The van der Waals surface area contributed by atoms with Gasteiger partial charge in [-0.2, -0.15) is 13.2 Å². The number of hydrogen-bond acceptors (Lipinski definition) is 4. The van der Waals surface area contributed by atoms with Crippen molar-refractivity contribution in [3.63, 3.8) is 0 Å². The molecular weight excluding hydrogens is 307 g/mol. The zero-order chi connectivity index (χ0) is 15.9. The van der Waals surface area contributed by atoms with E-state index in [4.69, 9.17) is 0 Å². The second kappa shape index (κ2) is 5.17. The maximum Gasteiger partial charge on any atom is 0.501 e. The van der Waals surface area contributed by atoms with Crippen molar-refractivity contribution in [1.29, 1.82) is 0 Å². The van der Waals surface area contributed by atoms with Gasteiger partial charge in [-0.15, -0.1) is 0 Å². The van der Waals surface area contributed by atoms with E-state index in [0.29, 0.717) is 6.42 Å². The average Bonchev–Trinajstić information content (AvgIpc) is 2.34. The van der Waals surface area contributed by atoms with Crippen LogP contribution in [0.4, 0.5) is 18.9 Å². The normalized spacial score (nSPS) is 18.4. The topological polar surface area (TPSA) is 57.6 Å². The summed E-state index contributed by atoms with van der Waals surface area (Å²) in [4.78, 5) is 0.685. The van der Waals surface area contributed by atoms with E-state index in [-0.39, 0.29) is 18.8 Å². The molecule has 0 unspecified atom stereocenters. The minimum Gasteiger partial charge on any atom is -0.386 e. The summed E-state index contributed by atoms with van der Waals surface area (Å²) >= 11 is 0. The standard InChI is InChI=1S/C13H16F3NO3S/c1-2-7-12(18)8-17(9-12)10-5-3-4-6-11(10)21(19,20)13(14,15)16/h3-6,18H,2,7-9H2,1H3. The van der Waals surface area contributed by atoms with Crippen LogP contribution >= 0.6 is 0 Å². The van der Waals surface area contributed by atoms with Crippen LogP contribution < -0.4 is 4.90 Å². The van der Waals surface area contributed by atoms with E-state index in [2.05, 4.69) is 0 Å². The summed E-state index contributed by atoms with van der Waals surface area (Å²) in [6.07, 6.45) is 1.27. The molecule has 0 spiro atoms. The summed E-state index contributed by atoms with van der Waals surface area (Å²) in [7, 11) is -5.40. The molecule has 21 heavy (non-hydrogen) atoms. The Morgan fingerprint density at radius 2 is 1.86 bits per heavy atom. The van der Waals surface area contributed by atoms with E-state index in [9.17, 15) is 26.7 Å². The number of nitrogens with zero attached hydrogens (tertiary/aromatic N) is 1. The van der Waals surface area contributed by atoms with Crippen LogP contribution in [0.1, 0.15) is 19.8 Å². The van der Waals surface area contributed by atoms with Gasteiger partial charge in [0.15, 0.2) is 0 Å². The van der Waals surface area contributed by atoms with Crippen LogP contribution in [0.5, 0.6) is 0 Å². The van der Waals surface area contributed by atoms with Crippen molar-refractivity contribution in [2.45, 2.75) is 35.8 Å². The number of halogens is 3. The highest BCUT2D eigenvalue weighted by Gasteiger charge is 2.50. The largest absolute Gasteiger partial charge is 0.501 e. The van der Waals surface area contributed by atoms with Gasteiger partial charge in [0.25, 0.3) is 9.84 Å². The number of benzene rings is 1. The minimum atomic E-state index is -5.40. The van der Waals surface area contributed by atoms with Crippen molar-refractivity contribution < 1.29 is 26.7 Å². The molecule has 8 heteroatoms. The molecule has 118 valence electrons. The zero-order valence-electron chi connectivity index (χ0n) is 11.4. The number of para-hydroxylation sites is 1. The Kier molecular flexibility index (Phi) is 3.96. The second-order valence-electron chi connectivity index (χ2n) is 5.25. The van der Waals surface area contributed by atoms with Gasteiger partial charge in [0.1, 0.15) is 0 Å². The van der Waals surface area contributed by atoms with Crippen molar-refractivity contribution in [3.8, 4) is 0 Å². The average molecular weight is 323 g/mol. The van der Waals surface area contributed by atoms with Crippen molar-refractivity contribution >= 4 is 15.5 Å². The van der Waals surface area contributed by atoms with Gasteiger partial charge < -0.3 is 10.0 Å². The highest BCUT2D eigenvalue weighted by Crippen LogP contribution is 2.39.